The molecule has 3 aliphatic rings. The van der Waals surface area contributed by atoms with Gasteiger partial charge in [0.15, 0.2) is 0 Å². The molecule has 3 aliphatic heterocycles. The number of cyclic esters (lactones) is 1. The summed E-state index contributed by atoms with van der Waals surface area (Å²) in [6, 6.07) is -1.17. The second-order valence-electron chi connectivity index (χ2n) is 8.18. The Morgan fingerprint density at radius 1 is 1.37 bits per heavy atom. The van der Waals surface area contributed by atoms with Crippen molar-refractivity contribution in [3.63, 3.8) is 0 Å². The van der Waals surface area contributed by atoms with Gasteiger partial charge in [-0.25, -0.2) is 9.80 Å². The molecule has 8 nitrogen and oxygen atoms in total. The molecule has 27 heavy (non-hydrogen) atoms. The molecule has 2 N–H and O–H groups in total. The van der Waals surface area contributed by atoms with Gasteiger partial charge in [-0.05, 0) is 25.8 Å². The summed E-state index contributed by atoms with van der Waals surface area (Å²) in [5, 5.41) is 9.74. The van der Waals surface area contributed by atoms with E-state index in [2.05, 4.69) is 24.5 Å². The van der Waals surface area contributed by atoms with E-state index in [1.165, 1.54) is 0 Å². The fourth-order valence-electron chi connectivity index (χ4n) is 4.57. The van der Waals surface area contributed by atoms with E-state index in [0.29, 0.717) is 32.0 Å². The van der Waals surface area contributed by atoms with Crippen LogP contribution in [0.3, 0.4) is 0 Å². The van der Waals surface area contributed by atoms with Gasteiger partial charge in [-0.3, -0.25) is 14.6 Å². The molecule has 0 aromatic rings. The third-order valence-corrected chi connectivity index (χ3v) is 6.45. The van der Waals surface area contributed by atoms with Crippen molar-refractivity contribution in [1.82, 2.24) is 20.7 Å². The smallest absolute Gasteiger partial charge is 0.328 e. The molecule has 5 unspecified atom stereocenters. The Morgan fingerprint density at radius 2 is 2.11 bits per heavy atom. The number of carbonyl (C=O) groups excluding carboxylic acids is 3. The summed E-state index contributed by atoms with van der Waals surface area (Å²) in [5.41, 5.74) is -0.654. The lowest BCUT2D eigenvalue weighted by molar-refractivity contribution is -0.148. The Balaban J connectivity index is 1.80. The molecule has 152 valence electrons. The largest absolute Gasteiger partial charge is 0.464 e. The van der Waals surface area contributed by atoms with Crippen LogP contribution < -0.4 is 10.6 Å². The van der Waals surface area contributed by atoms with Crippen LogP contribution in [0, 0.1) is 11.8 Å². The van der Waals surface area contributed by atoms with Crippen molar-refractivity contribution in [3.05, 3.63) is 0 Å². The quantitative estimate of drug-likeness (QED) is 0.617. The van der Waals surface area contributed by atoms with E-state index >= 15 is 0 Å². The highest BCUT2D eigenvalue weighted by Gasteiger charge is 2.58. The fraction of sp³-hybridized carbons (Fsp3) is 0.842. The first kappa shape index (κ1) is 20.1. The van der Waals surface area contributed by atoms with E-state index in [9.17, 15) is 14.4 Å². The molecular formula is C19H32N4O4. The summed E-state index contributed by atoms with van der Waals surface area (Å²) in [4.78, 5) is 38.2. The summed E-state index contributed by atoms with van der Waals surface area (Å²) >= 11 is 0. The maximum absolute atomic E-state index is 13.4. The van der Waals surface area contributed by atoms with Crippen molar-refractivity contribution in [2.75, 3.05) is 26.7 Å². The number of nitrogens with zero attached hydrogens (tertiary/aromatic N) is 2. The highest BCUT2D eigenvalue weighted by Crippen LogP contribution is 2.38. The molecule has 3 saturated heterocycles. The molecule has 2 amide bonds. The lowest BCUT2D eigenvalue weighted by atomic mass is 9.85. The highest BCUT2D eigenvalue weighted by molar-refractivity contribution is 5.95. The number of likely N-dealkylation sites (N-methyl/N-ethyl adjacent to an activating group) is 1. The average Bonchev–Trinajstić information content (AvgIpc) is 3.29. The number of rotatable bonds is 7. The van der Waals surface area contributed by atoms with Crippen LogP contribution >= 0.6 is 0 Å². The number of hydrazine groups is 1. The molecule has 0 bridgehead atoms. The van der Waals surface area contributed by atoms with Gasteiger partial charge < -0.3 is 15.4 Å². The van der Waals surface area contributed by atoms with Gasteiger partial charge in [-0.1, -0.05) is 27.2 Å². The van der Waals surface area contributed by atoms with Gasteiger partial charge in [-0.2, -0.15) is 0 Å². The zero-order chi connectivity index (χ0) is 19.8. The van der Waals surface area contributed by atoms with Gasteiger partial charge in [0.25, 0.3) is 5.91 Å². The maximum Gasteiger partial charge on any atom is 0.328 e. The van der Waals surface area contributed by atoms with Gasteiger partial charge in [-0.15, -0.1) is 0 Å². The molecule has 3 rings (SSSR count). The lowest BCUT2D eigenvalue weighted by Crippen LogP contribution is -2.57. The summed E-state index contributed by atoms with van der Waals surface area (Å²) in [6.07, 6.45) is 3.03. The van der Waals surface area contributed by atoms with Crippen molar-refractivity contribution in [1.29, 1.82) is 0 Å². The van der Waals surface area contributed by atoms with Gasteiger partial charge >= 0.3 is 5.97 Å². The normalized spacial score (nSPS) is 34.7. The van der Waals surface area contributed by atoms with Crippen LogP contribution in [-0.4, -0.2) is 72.2 Å². The van der Waals surface area contributed by atoms with E-state index in [1.54, 1.807) is 5.01 Å². The Kier molecular flexibility index (Phi) is 5.76. The standard InChI is InChI=1S/C19H32N4O4/c1-5-12(3)9-19(20-4)11-22-10-13(6-2)15(23(22)18(19)26)16(24)21-14-7-8-27-17(14)25/h12-15,20H,5-11H2,1-4H3,(H,21,24). The minimum atomic E-state index is -0.654. The Morgan fingerprint density at radius 3 is 2.67 bits per heavy atom. The minimum absolute atomic E-state index is 0.0320. The monoisotopic (exact) mass is 380 g/mol. The molecule has 8 heteroatoms. The predicted molar refractivity (Wildman–Crippen MR) is 99.4 cm³/mol. The fourth-order valence-corrected chi connectivity index (χ4v) is 4.57. The van der Waals surface area contributed by atoms with E-state index in [-0.39, 0.29) is 23.7 Å². The topological polar surface area (TPSA) is 91.0 Å². The van der Waals surface area contributed by atoms with Crippen molar-refractivity contribution < 1.29 is 19.1 Å². The number of fused-ring (bicyclic) bond motifs is 1. The van der Waals surface area contributed by atoms with Gasteiger partial charge in [0.1, 0.15) is 17.6 Å². The summed E-state index contributed by atoms with van der Waals surface area (Å²) in [6.45, 7) is 7.90. The molecule has 0 radical (unpaired) electrons. The number of hydrogen-bond acceptors (Lipinski definition) is 6. The zero-order valence-corrected chi connectivity index (χ0v) is 16.8. The first-order valence-electron chi connectivity index (χ1n) is 10.1. The molecular weight excluding hydrogens is 348 g/mol. The summed E-state index contributed by atoms with van der Waals surface area (Å²) < 4.78 is 4.94. The van der Waals surface area contributed by atoms with Crippen LogP contribution in [0.1, 0.15) is 46.5 Å². The van der Waals surface area contributed by atoms with Crippen LogP contribution in [0.25, 0.3) is 0 Å². The third kappa shape index (κ3) is 3.45. The van der Waals surface area contributed by atoms with E-state index < -0.39 is 17.6 Å². The van der Waals surface area contributed by atoms with Crippen LogP contribution in [-0.2, 0) is 19.1 Å². The van der Waals surface area contributed by atoms with Crippen LogP contribution in [0.4, 0.5) is 0 Å². The van der Waals surface area contributed by atoms with Gasteiger partial charge in [0, 0.05) is 25.4 Å². The maximum atomic E-state index is 13.4. The van der Waals surface area contributed by atoms with E-state index in [0.717, 1.165) is 19.3 Å². The Hall–Kier alpha value is -1.67. The van der Waals surface area contributed by atoms with E-state index in [1.807, 2.05) is 19.0 Å². The van der Waals surface area contributed by atoms with Crippen molar-refractivity contribution in [2.45, 2.75) is 64.1 Å². The highest BCUT2D eigenvalue weighted by atomic mass is 16.5. The molecule has 5 atom stereocenters. The number of esters is 1. The van der Waals surface area contributed by atoms with Crippen LogP contribution in [0.2, 0.25) is 0 Å². The van der Waals surface area contributed by atoms with Gasteiger partial charge in [0.2, 0.25) is 5.91 Å². The number of hydrogen-bond donors (Lipinski definition) is 2. The number of nitrogens with one attached hydrogen (secondary N) is 2. The first-order valence-corrected chi connectivity index (χ1v) is 10.1. The van der Waals surface area contributed by atoms with Crippen LogP contribution in [0.15, 0.2) is 0 Å². The predicted octanol–water partition coefficient (Wildman–Crippen LogP) is 0.280. The number of amides is 2. The molecule has 0 saturated carbocycles. The summed E-state index contributed by atoms with van der Waals surface area (Å²) in [5.74, 6) is -0.206. The Labute approximate surface area is 160 Å². The Bertz CT molecular complexity index is 613. The number of carbonyl (C=O) groups is 3. The van der Waals surface area contributed by atoms with Crippen molar-refractivity contribution in [2.24, 2.45) is 11.8 Å². The van der Waals surface area contributed by atoms with Crippen LogP contribution in [0.5, 0.6) is 0 Å². The van der Waals surface area contributed by atoms with Crippen molar-refractivity contribution >= 4 is 17.8 Å². The SMILES string of the molecule is CCC(C)CC1(NC)CN2CC(CC)C(C(=O)NC3CCOC3=O)N2C1=O. The molecule has 3 heterocycles. The molecule has 0 aromatic carbocycles. The first-order chi connectivity index (χ1) is 12.9. The number of ether oxygens (including phenoxy) is 1. The molecule has 0 spiro atoms. The van der Waals surface area contributed by atoms with Crippen molar-refractivity contribution in [3.8, 4) is 0 Å². The zero-order valence-electron chi connectivity index (χ0n) is 16.8. The minimum Gasteiger partial charge on any atom is -0.464 e. The van der Waals surface area contributed by atoms with E-state index in [4.69, 9.17) is 4.74 Å². The second kappa shape index (κ2) is 7.75. The molecule has 0 aliphatic carbocycles. The lowest BCUT2D eigenvalue weighted by Gasteiger charge is -2.31. The third-order valence-electron chi connectivity index (χ3n) is 6.45. The second-order valence-corrected chi connectivity index (χ2v) is 8.18. The summed E-state index contributed by atoms with van der Waals surface area (Å²) in [7, 11) is 1.82. The van der Waals surface area contributed by atoms with Gasteiger partial charge in [0.05, 0.1) is 6.61 Å². The molecule has 0 aromatic heterocycles. The average molecular weight is 380 g/mol. The molecule has 3 fully saturated rings.